The van der Waals surface area contributed by atoms with Crippen molar-refractivity contribution in [2.45, 2.75) is 176 Å². The first-order valence-electron chi connectivity index (χ1n) is 35.3. The number of sulfonamides is 4. The monoisotopic (exact) mass is 1590 g/mol. The summed E-state index contributed by atoms with van der Waals surface area (Å²) in [5.41, 5.74) is 10.3. The lowest BCUT2D eigenvalue weighted by atomic mass is 10.0. The van der Waals surface area contributed by atoms with Crippen molar-refractivity contribution in [3.8, 4) is 0 Å². The molecule has 4 unspecified atom stereocenters. The third kappa shape index (κ3) is 20.3. The number of methoxy groups -OCH3 is 1. The van der Waals surface area contributed by atoms with Crippen LogP contribution in [0.25, 0.3) is 0 Å². The van der Waals surface area contributed by atoms with Crippen LogP contribution in [0.5, 0.6) is 0 Å². The van der Waals surface area contributed by atoms with Gasteiger partial charge in [-0.2, -0.15) is 19.2 Å². The van der Waals surface area contributed by atoms with Crippen LogP contribution in [-0.4, -0.2) is 114 Å². The van der Waals surface area contributed by atoms with E-state index in [1.165, 1.54) is 68.6 Å². The minimum Gasteiger partial charge on any atom is -0.385 e. The third-order valence-electron chi connectivity index (χ3n) is 18.6. The Kier molecular flexibility index (Phi) is 32.5. The number of nitrogens with zero attached hydrogens (tertiary/aromatic N) is 4. The summed E-state index contributed by atoms with van der Waals surface area (Å²) < 4.78 is 115. The molecule has 4 N–H and O–H groups in total. The number of carbonyl (C=O) groups excluding carboxylic acids is 4. The second kappa shape index (κ2) is 39.9. The first kappa shape index (κ1) is 85.5. The summed E-state index contributed by atoms with van der Waals surface area (Å²) in [7, 11) is -5.91. The van der Waals surface area contributed by atoms with Gasteiger partial charge in [-0.3, -0.25) is 17.2 Å². The molecular formula is C76H100N8O13S8. The van der Waals surface area contributed by atoms with Gasteiger partial charge in [0.1, 0.15) is 0 Å². The van der Waals surface area contributed by atoms with Crippen molar-refractivity contribution in [3.63, 3.8) is 0 Å². The van der Waals surface area contributed by atoms with Crippen LogP contribution >= 0.6 is 45.3 Å². The Morgan fingerprint density at radius 2 is 0.581 bits per heavy atom. The number of rotatable bonds is 23. The molecule has 0 saturated carbocycles. The molecule has 0 amide bonds. The number of aryl methyl sites for hydroxylation is 4. The molecule has 29 heteroatoms. The maximum Gasteiger partial charge on any atom is 0.373 e. The van der Waals surface area contributed by atoms with E-state index in [2.05, 4.69) is 42.0 Å². The third-order valence-corrected chi connectivity index (χ3v) is 29.8. The van der Waals surface area contributed by atoms with Crippen molar-refractivity contribution in [2.75, 3.05) is 85.3 Å². The van der Waals surface area contributed by atoms with Crippen LogP contribution in [0, 0.1) is 27.7 Å². The van der Waals surface area contributed by atoms with E-state index in [4.69, 9.17) is 23.9 Å². The standard InChI is InChI=1S/C21H30N2O2S2.C19H26N2O2S2.C17H22N2O3S2.C17H22N2O2S2.2CO2/c1-4-5-6-7-8-9-13-22-20-17-11-10-16(2)15-19(17)27(24,25)23(3)18-12-14-26-21(18)20;1-4-5-6-7-11-20-18-15-9-8-14(2)13-17(15)25(22,23)21(3)16-10-12-24-19(16)18;1-12-5-6-13-15(11-12)24(20,21)19(2)14-7-10-23-17(14)16(13)18-8-4-9-22-3;1-4-5-9-18-16-13-7-6-12(2)11-15(13)23(20,21)19(3)14-8-10-22-17(14)16;2*2-1-3/h10-12,14-15,20,22H,4-9,13H2,1-3H3;8-10,12-13,18,20H,4-7,11H2,1-3H3;5-7,10-11,16,18H,4,8-9H2,1-3H3;6-8,10-11,16,18H,4-5,9H2,1-3H3;;. The highest BCUT2D eigenvalue weighted by atomic mass is 32.2. The lowest BCUT2D eigenvalue weighted by Crippen LogP contribution is -2.26. The number of hydrogen-bond acceptors (Lipinski definition) is 21. The van der Waals surface area contributed by atoms with Crippen molar-refractivity contribution in [1.82, 2.24) is 21.3 Å². The van der Waals surface area contributed by atoms with E-state index in [1.54, 1.807) is 105 Å². The Hall–Kier alpha value is -6.76. The molecule has 0 saturated heterocycles. The van der Waals surface area contributed by atoms with E-state index in [9.17, 15) is 33.7 Å². The van der Waals surface area contributed by atoms with Crippen LogP contribution in [-0.2, 0) is 64.0 Å². The number of anilines is 4. The van der Waals surface area contributed by atoms with E-state index in [0.29, 0.717) is 26.2 Å². The molecule has 105 heavy (non-hydrogen) atoms. The highest BCUT2D eigenvalue weighted by molar-refractivity contribution is 7.93. The Labute approximate surface area is 638 Å². The maximum absolute atomic E-state index is 13.2. The molecular weight excluding hydrogens is 1490 g/mol. The van der Waals surface area contributed by atoms with E-state index in [1.807, 2.05) is 122 Å². The van der Waals surface area contributed by atoms with Crippen LogP contribution in [0.4, 0.5) is 22.7 Å². The zero-order valence-electron chi connectivity index (χ0n) is 61.9. The van der Waals surface area contributed by atoms with Gasteiger partial charge in [-0.05, 0) is 194 Å². The molecule has 4 aromatic carbocycles. The first-order chi connectivity index (χ1) is 50.2. The Bertz CT molecular complexity index is 4700. The lowest BCUT2D eigenvalue weighted by molar-refractivity contribution is -0.193. The molecule has 8 aromatic rings. The molecule has 0 fully saturated rings. The van der Waals surface area contributed by atoms with Crippen molar-refractivity contribution in [1.29, 1.82) is 0 Å². The molecule has 0 aliphatic carbocycles. The van der Waals surface area contributed by atoms with Gasteiger partial charge in [0.15, 0.2) is 0 Å². The molecule has 8 heterocycles. The van der Waals surface area contributed by atoms with Gasteiger partial charge in [0, 0.05) is 41.9 Å². The highest BCUT2D eigenvalue weighted by Crippen LogP contribution is 2.48. The molecule has 4 aliphatic heterocycles. The van der Waals surface area contributed by atoms with Gasteiger partial charge in [-0.1, -0.05) is 127 Å². The van der Waals surface area contributed by atoms with Crippen molar-refractivity contribution in [2.24, 2.45) is 0 Å². The van der Waals surface area contributed by atoms with Gasteiger partial charge in [-0.15, -0.1) is 45.3 Å². The van der Waals surface area contributed by atoms with Gasteiger partial charge in [0.2, 0.25) is 0 Å². The fourth-order valence-electron chi connectivity index (χ4n) is 12.9. The number of thiophene rings is 4. The Balaban J connectivity index is 0.000000191. The summed E-state index contributed by atoms with van der Waals surface area (Å²) in [6, 6.07) is 30.2. The summed E-state index contributed by atoms with van der Waals surface area (Å²) in [4.78, 5) is 38.4. The van der Waals surface area contributed by atoms with Gasteiger partial charge in [0.25, 0.3) is 40.1 Å². The van der Waals surface area contributed by atoms with Gasteiger partial charge in [0.05, 0.1) is 86.0 Å². The second-order valence-corrected chi connectivity index (χ2v) is 37.5. The molecule has 4 aliphatic rings. The SMILES string of the molecule is CCCCCCCCNC1c2ccc(C)cc2S(=O)(=O)N(C)c2ccsc21.CCCCCCNC1c2ccc(C)cc2S(=O)(=O)N(C)c2ccsc21.CCCCNC1c2ccc(C)cc2S(=O)(=O)N(C)c2ccsc21.COCCCNC1c2ccc(C)cc2S(=O)(=O)N(C)c2ccsc21.O=C=O.O=C=O. The number of hydrogen-bond donors (Lipinski definition) is 4. The molecule has 21 nitrogen and oxygen atoms in total. The first-order valence-corrected chi connectivity index (χ1v) is 44.6. The fourth-order valence-corrected chi connectivity index (χ4v) is 23.3. The smallest absolute Gasteiger partial charge is 0.373 e. The van der Waals surface area contributed by atoms with Crippen LogP contribution in [0.15, 0.2) is 138 Å². The quantitative estimate of drug-likeness (QED) is 0.0433. The van der Waals surface area contributed by atoms with Crippen LogP contribution < -0.4 is 38.5 Å². The predicted molar refractivity (Wildman–Crippen MR) is 423 cm³/mol. The van der Waals surface area contributed by atoms with E-state index in [0.717, 1.165) is 145 Å². The Morgan fingerprint density at radius 3 is 0.838 bits per heavy atom. The molecule has 0 spiro atoms. The number of benzene rings is 4. The average molecular weight is 1590 g/mol. The molecule has 570 valence electrons. The summed E-state index contributed by atoms with van der Waals surface area (Å²) in [6.45, 7) is 18.4. The predicted octanol–water partition coefficient (Wildman–Crippen LogP) is 15.1. The van der Waals surface area contributed by atoms with Gasteiger partial charge < -0.3 is 26.0 Å². The summed E-state index contributed by atoms with van der Waals surface area (Å²) in [5, 5.41) is 22.2. The van der Waals surface area contributed by atoms with Crippen LogP contribution in [0.3, 0.4) is 0 Å². The highest BCUT2D eigenvalue weighted by Gasteiger charge is 2.40. The number of ether oxygens (including phenoxy) is 1. The number of fused-ring (bicyclic) bond motifs is 8. The molecule has 0 bridgehead atoms. The minimum atomic E-state index is -3.56. The van der Waals surface area contributed by atoms with Crippen LogP contribution in [0.1, 0.15) is 192 Å². The molecule has 0 radical (unpaired) electrons. The molecule has 4 aromatic heterocycles. The van der Waals surface area contributed by atoms with Crippen molar-refractivity contribution < 1.29 is 57.6 Å². The zero-order valence-corrected chi connectivity index (χ0v) is 68.5. The van der Waals surface area contributed by atoms with Gasteiger partial charge >= 0.3 is 12.3 Å². The van der Waals surface area contributed by atoms with Gasteiger partial charge in [-0.25, -0.2) is 33.7 Å². The topological polar surface area (TPSA) is 275 Å². The zero-order chi connectivity index (χ0) is 76.8. The van der Waals surface area contributed by atoms with E-state index >= 15 is 0 Å². The summed E-state index contributed by atoms with van der Waals surface area (Å²) in [6.07, 6.45) is 15.8. The van der Waals surface area contributed by atoms with Crippen LogP contribution in [0.2, 0.25) is 0 Å². The lowest BCUT2D eigenvalue weighted by Gasteiger charge is -2.19. The minimum absolute atomic E-state index is 0.0769. The Morgan fingerprint density at radius 1 is 0.352 bits per heavy atom. The number of nitrogens with one attached hydrogen (secondary N) is 4. The fraction of sp³-hybridized carbons (Fsp3) is 0.447. The molecule has 12 rings (SSSR count). The molecule has 4 atom stereocenters. The van der Waals surface area contributed by atoms with E-state index < -0.39 is 40.1 Å². The summed E-state index contributed by atoms with van der Waals surface area (Å²) in [5.74, 6) is 0. The van der Waals surface area contributed by atoms with Crippen molar-refractivity contribution in [3.05, 3.63) is 183 Å². The average Bonchev–Trinajstić information content (AvgIpc) is 1.64. The van der Waals surface area contributed by atoms with Crippen molar-refractivity contribution >= 4 is 120 Å². The second-order valence-electron chi connectivity index (χ2n) is 26.0. The van der Waals surface area contributed by atoms with E-state index in [-0.39, 0.29) is 36.5 Å². The normalized spacial score (nSPS) is 17.7. The largest absolute Gasteiger partial charge is 0.385 e. The number of unbranched alkanes of at least 4 members (excludes halogenated alkanes) is 9. The maximum atomic E-state index is 13.2. The summed E-state index contributed by atoms with van der Waals surface area (Å²) >= 11 is 6.44.